The molecule has 5 rings (SSSR count). The lowest BCUT2D eigenvalue weighted by molar-refractivity contribution is 0.181. The van der Waals surface area contributed by atoms with Gasteiger partial charge in [-0.1, -0.05) is 96.4 Å². The Morgan fingerprint density at radius 3 is 2.35 bits per heavy atom. The minimum atomic E-state index is -2.10. The van der Waals surface area contributed by atoms with Crippen molar-refractivity contribution in [2.75, 3.05) is 26.7 Å². The number of oxazole rings is 1. The van der Waals surface area contributed by atoms with Crippen LogP contribution in [0.25, 0.3) is 10.9 Å². The zero-order valence-corrected chi connectivity index (χ0v) is 34.8. The fraction of sp³-hybridized carbons (Fsp3) is 0.591. The monoisotopic (exact) mass is 758 g/mol. The number of aromatic nitrogens is 2. The van der Waals surface area contributed by atoms with E-state index in [1.165, 1.54) is 57.4 Å². The Kier molecular flexibility index (Phi) is 15.0. The lowest BCUT2D eigenvalue weighted by atomic mass is 9.76. The van der Waals surface area contributed by atoms with E-state index in [2.05, 4.69) is 56.1 Å². The van der Waals surface area contributed by atoms with Gasteiger partial charge in [-0.05, 0) is 93.6 Å². The first kappa shape index (κ1) is 41.7. The Hall–Kier alpha value is -3.44. The first-order chi connectivity index (χ1) is 25.8. The van der Waals surface area contributed by atoms with E-state index >= 15 is 0 Å². The van der Waals surface area contributed by atoms with Crippen LogP contribution >= 0.6 is 0 Å². The SMILES string of the molecule is CN(CCCCCCCCCNC[C@H](O[Si](C)(C)C(C)(C)C)c1ccc(O)c2[nH]c(=O)ccc12)Cc1cnc(C(c2ccccc2O)C2CCCCC2)o1. The van der Waals surface area contributed by atoms with Gasteiger partial charge in [0.15, 0.2) is 8.32 Å². The summed E-state index contributed by atoms with van der Waals surface area (Å²) in [5.74, 6) is 2.48. The molecule has 0 saturated heterocycles. The maximum absolute atomic E-state index is 12.0. The first-order valence-corrected chi connectivity index (χ1v) is 23.4. The molecule has 0 radical (unpaired) electrons. The number of phenols is 2. The van der Waals surface area contributed by atoms with Crippen molar-refractivity contribution >= 4 is 19.2 Å². The Bertz CT molecular complexity index is 1810. The van der Waals surface area contributed by atoms with E-state index in [9.17, 15) is 15.0 Å². The molecule has 1 saturated carbocycles. The molecule has 1 aliphatic carbocycles. The zero-order valence-electron chi connectivity index (χ0n) is 33.8. The fourth-order valence-electron chi connectivity index (χ4n) is 7.73. The van der Waals surface area contributed by atoms with E-state index in [1.54, 1.807) is 18.2 Å². The van der Waals surface area contributed by atoms with Gasteiger partial charge in [0, 0.05) is 23.6 Å². The van der Waals surface area contributed by atoms with Gasteiger partial charge in [-0.25, -0.2) is 4.98 Å². The number of unbranched alkanes of at least 4 members (excludes halogenated alkanes) is 6. The molecule has 1 aliphatic rings. The summed E-state index contributed by atoms with van der Waals surface area (Å²) in [5.41, 5.74) is 2.15. The molecule has 1 fully saturated rings. The molecule has 296 valence electrons. The van der Waals surface area contributed by atoms with Gasteiger partial charge in [0.1, 0.15) is 17.3 Å². The lowest BCUT2D eigenvalue weighted by Crippen LogP contribution is -2.43. The molecule has 54 heavy (non-hydrogen) atoms. The number of rotatable bonds is 20. The van der Waals surface area contributed by atoms with Crippen LogP contribution in [0.4, 0.5) is 0 Å². The summed E-state index contributed by atoms with van der Waals surface area (Å²) < 4.78 is 13.3. The molecule has 2 heterocycles. The van der Waals surface area contributed by atoms with Crippen LogP contribution in [-0.2, 0) is 11.0 Å². The summed E-state index contributed by atoms with van der Waals surface area (Å²) in [7, 11) is 0.0537. The molecule has 0 bridgehead atoms. The molecule has 4 N–H and O–H groups in total. The number of benzene rings is 2. The number of para-hydroxylation sites is 1. The number of phenolic OH excluding ortho intramolecular Hbond substituents is 2. The number of fused-ring (bicyclic) bond motifs is 1. The highest BCUT2D eigenvalue weighted by Gasteiger charge is 2.40. The Balaban J connectivity index is 1.00. The van der Waals surface area contributed by atoms with Gasteiger partial charge in [-0.2, -0.15) is 0 Å². The molecule has 10 heteroatoms. The molecule has 2 aromatic heterocycles. The Morgan fingerprint density at radius 2 is 1.63 bits per heavy atom. The van der Waals surface area contributed by atoms with Crippen LogP contribution in [0.15, 0.2) is 63.9 Å². The average Bonchev–Trinajstić information content (AvgIpc) is 3.58. The largest absolute Gasteiger partial charge is 0.508 e. The zero-order chi connectivity index (χ0) is 38.7. The third-order valence-corrected chi connectivity index (χ3v) is 16.4. The number of aromatic amines is 1. The number of hydrogen-bond acceptors (Lipinski definition) is 8. The molecule has 4 aromatic rings. The van der Waals surface area contributed by atoms with Crippen molar-refractivity contribution in [3.8, 4) is 11.5 Å². The van der Waals surface area contributed by atoms with Gasteiger partial charge in [0.2, 0.25) is 11.4 Å². The molecule has 2 aromatic carbocycles. The topological polar surface area (TPSA) is 124 Å². The molecular formula is C44H66N4O5Si. The second-order valence-corrected chi connectivity index (χ2v) is 21.9. The molecule has 1 unspecified atom stereocenters. The van der Waals surface area contributed by atoms with Crippen molar-refractivity contribution in [3.63, 3.8) is 0 Å². The van der Waals surface area contributed by atoms with E-state index in [4.69, 9.17) is 13.8 Å². The highest BCUT2D eigenvalue weighted by molar-refractivity contribution is 6.74. The summed E-state index contributed by atoms with van der Waals surface area (Å²) in [6.45, 7) is 14.6. The minimum Gasteiger partial charge on any atom is -0.508 e. The maximum Gasteiger partial charge on any atom is 0.248 e. The highest BCUT2D eigenvalue weighted by Crippen LogP contribution is 2.43. The molecule has 2 atom stereocenters. The molecule has 0 aliphatic heterocycles. The van der Waals surface area contributed by atoms with Crippen LogP contribution in [0.3, 0.4) is 0 Å². The van der Waals surface area contributed by atoms with Crippen molar-refractivity contribution in [2.24, 2.45) is 5.92 Å². The smallest absolute Gasteiger partial charge is 0.248 e. The number of aromatic hydroxyl groups is 2. The van der Waals surface area contributed by atoms with Crippen LogP contribution in [0, 0.1) is 5.92 Å². The lowest BCUT2D eigenvalue weighted by Gasteiger charge is -2.39. The summed E-state index contributed by atoms with van der Waals surface area (Å²) in [6, 6.07) is 14.6. The van der Waals surface area contributed by atoms with Crippen molar-refractivity contribution in [2.45, 2.75) is 135 Å². The van der Waals surface area contributed by atoms with E-state index in [0.717, 1.165) is 73.5 Å². The Morgan fingerprint density at radius 1 is 0.926 bits per heavy atom. The second kappa shape index (κ2) is 19.4. The van der Waals surface area contributed by atoms with Crippen LogP contribution in [-0.4, -0.2) is 60.1 Å². The molecular weight excluding hydrogens is 693 g/mol. The van der Waals surface area contributed by atoms with Gasteiger partial charge in [0.25, 0.3) is 0 Å². The van der Waals surface area contributed by atoms with E-state index in [1.807, 2.05) is 30.5 Å². The number of pyridine rings is 1. The van der Waals surface area contributed by atoms with Crippen molar-refractivity contribution in [1.29, 1.82) is 0 Å². The van der Waals surface area contributed by atoms with Crippen molar-refractivity contribution < 1.29 is 19.1 Å². The number of nitrogens with zero attached hydrogens (tertiary/aromatic N) is 2. The second-order valence-electron chi connectivity index (χ2n) is 17.2. The van der Waals surface area contributed by atoms with E-state index in [0.29, 0.717) is 23.7 Å². The predicted molar refractivity (Wildman–Crippen MR) is 222 cm³/mol. The third kappa shape index (κ3) is 11.3. The minimum absolute atomic E-state index is 0.000181. The van der Waals surface area contributed by atoms with Crippen molar-refractivity contribution in [1.82, 2.24) is 20.2 Å². The average molecular weight is 759 g/mol. The highest BCUT2D eigenvalue weighted by atomic mass is 28.4. The van der Waals surface area contributed by atoms with Gasteiger partial charge >= 0.3 is 0 Å². The van der Waals surface area contributed by atoms with E-state index < -0.39 is 8.32 Å². The summed E-state index contributed by atoms with van der Waals surface area (Å²) in [5, 5.41) is 25.7. The standard InChI is InChI=1S/C44H66N4O5Si/c1-44(2,3)54(5,6)53-39(34-23-25-38(50)42-35(34)24-26-40(51)47-42)30-45-27-17-10-8-7-9-11-18-28-48(4)31-33-29-46-43(52-33)41(32-19-13-12-14-20-32)36-21-15-16-22-37(36)49/h15-16,21-26,29,32,39,41,45,49-50H,7-14,17-20,27-28,30-31H2,1-6H3,(H,47,51)/t39-,41?/m0/s1. The molecule has 0 amide bonds. The number of H-pyrrole nitrogens is 1. The van der Waals surface area contributed by atoms with Crippen LogP contribution < -0.4 is 10.9 Å². The maximum atomic E-state index is 12.0. The van der Waals surface area contributed by atoms with Gasteiger partial charge in [-0.3, -0.25) is 9.69 Å². The normalized spacial score (nSPS) is 15.6. The number of hydrogen-bond donors (Lipinski definition) is 4. The third-order valence-electron chi connectivity index (χ3n) is 11.9. The van der Waals surface area contributed by atoms with Gasteiger partial charge < -0.3 is 29.4 Å². The quantitative estimate of drug-likeness (QED) is 0.0519. The van der Waals surface area contributed by atoms with Crippen molar-refractivity contribution in [3.05, 3.63) is 87.9 Å². The predicted octanol–water partition coefficient (Wildman–Crippen LogP) is 10.2. The van der Waals surface area contributed by atoms with Gasteiger partial charge in [0.05, 0.1) is 30.3 Å². The summed E-state index contributed by atoms with van der Waals surface area (Å²) >= 11 is 0. The fourth-order valence-corrected chi connectivity index (χ4v) is 9.00. The summed E-state index contributed by atoms with van der Waals surface area (Å²) in [6.07, 6.45) is 16.1. The van der Waals surface area contributed by atoms with Crippen LogP contribution in [0.5, 0.6) is 11.5 Å². The van der Waals surface area contributed by atoms with Crippen LogP contribution in [0.2, 0.25) is 18.1 Å². The molecule has 0 spiro atoms. The molecule has 9 nitrogen and oxygen atoms in total. The number of nitrogens with one attached hydrogen (secondary N) is 2. The van der Waals surface area contributed by atoms with Gasteiger partial charge in [-0.15, -0.1) is 0 Å². The summed E-state index contributed by atoms with van der Waals surface area (Å²) in [4.78, 5) is 21.9. The Labute approximate surface area is 324 Å². The van der Waals surface area contributed by atoms with E-state index in [-0.39, 0.29) is 28.4 Å². The van der Waals surface area contributed by atoms with Crippen LogP contribution in [0.1, 0.15) is 133 Å². The first-order valence-electron chi connectivity index (χ1n) is 20.5.